The van der Waals surface area contributed by atoms with Crippen molar-refractivity contribution in [1.29, 1.82) is 0 Å². The molecule has 2 aromatic rings. The van der Waals surface area contributed by atoms with Crippen molar-refractivity contribution in [3.8, 4) is 0 Å². The molecule has 1 aromatic heterocycles. The Kier molecular flexibility index (Phi) is 6.05. The van der Waals surface area contributed by atoms with Crippen LogP contribution in [-0.2, 0) is 0 Å². The van der Waals surface area contributed by atoms with Crippen LogP contribution in [0.3, 0.4) is 0 Å². The van der Waals surface area contributed by atoms with Gasteiger partial charge in [0.25, 0.3) is 0 Å². The van der Waals surface area contributed by atoms with Crippen molar-refractivity contribution in [3.63, 3.8) is 0 Å². The quantitative estimate of drug-likeness (QED) is 0.453. The summed E-state index contributed by atoms with van der Waals surface area (Å²) in [6.45, 7) is 17.5. The molecule has 0 aliphatic heterocycles. The van der Waals surface area contributed by atoms with Crippen LogP contribution >= 0.6 is 11.8 Å². The first kappa shape index (κ1) is 18.5. The molecule has 1 heterocycles. The summed E-state index contributed by atoms with van der Waals surface area (Å²) < 4.78 is 0. The third-order valence-electron chi connectivity index (χ3n) is 4.36. The van der Waals surface area contributed by atoms with Gasteiger partial charge in [0.05, 0.1) is 0 Å². The largest absolute Gasteiger partial charge is 0.197 e. The summed E-state index contributed by atoms with van der Waals surface area (Å²) in [4.78, 5) is 2.20. The van der Waals surface area contributed by atoms with E-state index in [1.807, 2.05) is 12.1 Å². The van der Waals surface area contributed by atoms with Gasteiger partial charge in [0, 0.05) is 9.80 Å². The average Bonchev–Trinajstić information content (AvgIpc) is 3.00. The van der Waals surface area contributed by atoms with Crippen molar-refractivity contribution in [2.24, 2.45) is 5.41 Å². The molecule has 0 fully saturated rings. The van der Waals surface area contributed by atoms with Crippen LogP contribution in [0.25, 0.3) is 11.0 Å². The molecule has 0 saturated carbocycles. The van der Waals surface area contributed by atoms with Crippen molar-refractivity contribution < 1.29 is 0 Å². The highest BCUT2D eigenvalue weighted by Crippen LogP contribution is 2.42. The summed E-state index contributed by atoms with van der Waals surface area (Å²) >= 11 is 1.69. The Morgan fingerprint density at radius 3 is 2.58 bits per heavy atom. The zero-order valence-corrected chi connectivity index (χ0v) is 16.0. The van der Waals surface area contributed by atoms with E-state index in [2.05, 4.69) is 68.4 Å². The molecule has 24 heavy (non-hydrogen) atoms. The van der Waals surface area contributed by atoms with Gasteiger partial charge in [0.1, 0.15) is 11.0 Å². The lowest BCUT2D eigenvalue weighted by Crippen LogP contribution is -2.14. The van der Waals surface area contributed by atoms with Crippen molar-refractivity contribution in [2.45, 2.75) is 51.9 Å². The van der Waals surface area contributed by atoms with E-state index in [1.54, 1.807) is 11.8 Å². The number of nitrogens with one attached hydrogen (secondary N) is 1. The first-order chi connectivity index (χ1) is 11.4. The van der Waals surface area contributed by atoms with Crippen LogP contribution in [-0.4, -0.2) is 15.4 Å². The van der Waals surface area contributed by atoms with Crippen LogP contribution in [0, 0.1) is 5.41 Å². The topological polar surface area (TPSA) is 41.6 Å². The van der Waals surface area contributed by atoms with Gasteiger partial charge in [-0.1, -0.05) is 70.7 Å². The highest BCUT2D eigenvalue weighted by molar-refractivity contribution is 8.03. The molecule has 2 rings (SSSR count). The van der Waals surface area contributed by atoms with E-state index in [0.717, 1.165) is 40.1 Å². The van der Waals surface area contributed by atoms with Gasteiger partial charge < -0.3 is 0 Å². The SMILES string of the molecule is C=C(/C=C(\C(=C)Sc1ccc2n[nH]nc2c1)C(C)(C)CC)CCC. The van der Waals surface area contributed by atoms with E-state index >= 15 is 0 Å². The van der Waals surface area contributed by atoms with Gasteiger partial charge in [-0.15, -0.1) is 0 Å². The van der Waals surface area contributed by atoms with Crippen molar-refractivity contribution in [3.05, 3.63) is 53.5 Å². The fraction of sp³-hybridized carbons (Fsp3) is 0.400. The second-order valence-corrected chi connectivity index (χ2v) is 7.87. The van der Waals surface area contributed by atoms with E-state index in [9.17, 15) is 0 Å². The monoisotopic (exact) mass is 341 g/mol. The van der Waals surface area contributed by atoms with E-state index in [-0.39, 0.29) is 5.41 Å². The number of fused-ring (bicyclic) bond motifs is 1. The number of thioether (sulfide) groups is 1. The minimum atomic E-state index is 0.0682. The Morgan fingerprint density at radius 1 is 1.21 bits per heavy atom. The maximum Gasteiger partial charge on any atom is 0.114 e. The molecule has 3 nitrogen and oxygen atoms in total. The third-order valence-corrected chi connectivity index (χ3v) is 5.32. The average molecular weight is 342 g/mol. The molecule has 128 valence electrons. The highest BCUT2D eigenvalue weighted by atomic mass is 32.2. The number of hydrogen-bond acceptors (Lipinski definition) is 3. The molecule has 0 aliphatic carbocycles. The lowest BCUT2D eigenvalue weighted by atomic mass is 9.80. The molecule has 0 atom stereocenters. The number of hydrogen-bond donors (Lipinski definition) is 1. The van der Waals surface area contributed by atoms with Gasteiger partial charge in [-0.2, -0.15) is 15.4 Å². The molecule has 0 aliphatic rings. The maximum atomic E-state index is 4.36. The van der Waals surface area contributed by atoms with Crippen LogP contribution in [0.5, 0.6) is 0 Å². The second kappa shape index (κ2) is 7.84. The van der Waals surface area contributed by atoms with E-state index < -0.39 is 0 Å². The minimum Gasteiger partial charge on any atom is -0.197 e. The fourth-order valence-electron chi connectivity index (χ4n) is 2.52. The molecular weight excluding hydrogens is 314 g/mol. The smallest absolute Gasteiger partial charge is 0.114 e. The Morgan fingerprint density at radius 2 is 1.92 bits per heavy atom. The molecule has 0 unspecified atom stereocenters. The number of aromatic amines is 1. The van der Waals surface area contributed by atoms with Crippen LogP contribution in [0.4, 0.5) is 0 Å². The fourth-order valence-corrected chi connectivity index (χ4v) is 3.56. The zero-order valence-electron chi connectivity index (χ0n) is 15.1. The first-order valence-corrected chi connectivity index (χ1v) is 9.26. The summed E-state index contributed by atoms with van der Waals surface area (Å²) in [6.07, 6.45) is 5.42. The molecule has 4 heteroatoms. The van der Waals surface area contributed by atoms with Gasteiger partial charge in [0.15, 0.2) is 0 Å². The van der Waals surface area contributed by atoms with Gasteiger partial charge >= 0.3 is 0 Å². The van der Waals surface area contributed by atoms with Crippen LogP contribution < -0.4 is 0 Å². The zero-order chi connectivity index (χ0) is 17.7. The molecular formula is C20H27N3S. The van der Waals surface area contributed by atoms with Crippen LogP contribution in [0.15, 0.2) is 58.4 Å². The van der Waals surface area contributed by atoms with Gasteiger partial charge in [-0.05, 0) is 42.0 Å². The van der Waals surface area contributed by atoms with Gasteiger partial charge in [-0.25, -0.2) is 0 Å². The molecule has 0 spiro atoms. The maximum absolute atomic E-state index is 4.36. The van der Waals surface area contributed by atoms with E-state index in [0.29, 0.717) is 0 Å². The Labute approximate surface area is 149 Å². The second-order valence-electron chi connectivity index (χ2n) is 6.70. The van der Waals surface area contributed by atoms with E-state index in [4.69, 9.17) is 0 Å². The predicted octanol–water partition coefficient (Wildman–Crippen LogP) is 6.28. The third kappa shape index (κ3) is 4.38. The Bertz CT molecular complexity index is 768. The van der Waals surface area contributed by atoms with Crippen molar-refractivity contribution in [1.82, 2.24) is 15.4 Å². The lowest BCUT2D eigenvalue weighted by molar-refractivity contribution is 0.438. The Hall–Kier alpha value is -1.81. The summed E-state index contributed by atoms with van der Waals surface area (Å²) in [5.41, 5.74) is 4.27. The van der Waals surface area contributed by atoms with Crippen LogP contribution in [0.2, 0.25) is 0 Å². The Balaban J connectivity index is 2.28. The number of rotatable bonds is 8. The summed E-state index contributed by atoms with van der Waals surface area (Å²) in [6, 6.07) is 6.10. The van der Waals surface area contributed by atoms with Crippen LogP contribution in [0.1, 0.15) is 47.0 Å². The first-order valence-electron chi connectivity index (χ1n) is 8.45. The van der Waals surface area contributed by atoms with Crippen molar-refractivity contribution >= 4 is 22.8 Å². The number of nitrogens with zero attached hydrogens (tertiary/aromatic N) is 2. The summed E-state index contributed by atoms with van der Waals surface area (Å²) in [5.74, 6) is 0. The van der Waals surface area contributed by atoms with Crippen molar-refractivity contribution in [2.75, 3.05) is 0 Å². The molecule has 1 aromatic carbocycles. The van der Waals surface area contributed by atoms with E-state index in [1.165, 1.54) is 11.1 Å². The van der Waals surface area contributed by atoms with Gasteiger partial charge in [0.2, 0.25) is 0 Å². The standard InChI is InChI=1S/C20H27N3S/c1-7-9-14(3)12-17(20(5,6)8-2)15(4)24-16-10-11-18-19(13-16)22-23-21-18/h10-13H,3-4,7-9H2,1-2,5-6H3,(H,21,22,23)/b17-12+. The number of benzene rings is 1. The highest BCUT2D eigenvalue weighted by Gasteiger charge is 2.24. The molecule has 0 radical (unpaired) electrons. The molecule has 0 amide bonds. The number of H-pyrrole nitrogens is 1. The predicted molar refractivity (Wildman–Crippen MR) is 105 cm³/mol. The normalized spacial score (nSPS) is 12.6. The number of allylic oxidation sites excluding steroid dienone is 3. The molecule has 1 N–H and O–H groups in total. The lowest BCUT2D eigenvalue weighted by Gasteiger charge is -2.28. The van der Waals surface area contributed by atoms with Gasteiger partial charge in [-0.3, -0.25) is 0 Å². The number of aromatic nitrogens is 3. The minimum absolute atomic E-state index is 0.0682. The summed E-state index contributed by atoms with van der Waals surface area (Å²) in [7, 11) is 0. The summed E-state index contributed by atoms with van der Waals surface area (Å²) in [5, 5.41) is 10.9. The molecule has 0 bridgehead atoms. The molecule has 0 saturated heterocycles.